The van der Waals surface area contributed by atoms with E-state index in [1.54, 1.807) is 23.6 Å². The van der Waals surface area contributed by atoms with Gasteiger partial charge in [0, 0.05) is 35.2 Å². The predicted molar refractivity (Wildman–Crippen MR) is 91.0 cm³/mol. The van der Waals surface area contributed by atoms with Gasteiger partial charge < -0.3 is 5.73 Å². The molecule has 0 aliphatic heterocycles. The van der Waals surface area contributed by atoms with Crippen molar-refractivity contribution in [2.75, 3.05) is 17.2 Å². The first-order valence-corrected chi connectivity index (χ1v) is 8.59. The van der Waals surface area contributed by atoms with E-state index in [0.29, 0.717) is 6.54 Å². The first-order chi connectivity index (χ1) is 10.0. The molecular formula is C15H19N3OS2. The molecule has 0 bridgehead atoms. The topological polar surface area (TPSA) is 59.2 Å². The van der Waals surface area contributed by atoms with E-state index in [1.807, 2.05) is 37.4 Å². The van der Waals surface area contributed by atoms with E-state index in [9.17, 15) is 4.79 Å². The molecule has 0 saturated heterocycles. The van der Waals surface area contributed by atoms with Crippen molar-refractivity contribution >= 4 is 39.8 Å². The molecular weight excluding hydrogens is 302 g/mol. The number of hydrogen-bond acceptors (Lipinski definition) is 5. The monoisotopic (exact) mass is 321 g/mol. The van der Waals surface area contributed by atoms with Crippen LogP contribution in [-0.4, -0.2) is 17.4 Å². The third kappa shape index (κ3) is 3.77. The van der Waals surface area contributed by atoms with Gasteiger partial charge in [-0.3, -0.25) is 9.69 Å². The van der Waals surface area contributed by atoms with E-state index >= 15 is 0 Å². The quantitative estimate of drug-likeness (QED) is 0.674. The van der Waals surface area contributed by atoms with Crippen molar-refractivity contribution in [3.05, 3.63) is 34.8 Å². The lowest BCUT2D eigenvalue weighted by Gasteiger charge is -2.14. The fourth-order valence-electron chi connectivity index (χ4n) is 1.91. The fraction of sp³-hybridized carbons (Fsp3) is 0.333. The SMILES string of the molecule is CCN(C(C)=O)c1nc(CSc2cccc(C)c2N)cs1. The summed E-state index contributed by atoms with van der Waals surface area (Å²) in [6.45, 7) is 6.16. The van der Waals surface area contributed by atoms with Crippen LogP contribution in [0.3, 0.4) is 0 Å². The second-order valence-corrected chi connectivity index (χ2v) is 6.51. The Kier molecular flexibility index (Phi) is 5.25. The van der Waals surface area contributed by atoms with Crippen LogP contribution in [0.2, 0.25) is 0 Å². The van der Waals surface area contributed by atoms with Crippen LogP contribution in [-0.2, 0) is 10.5 Å². The Morgan fingerprint density at radius 3 is 2.90 bits per heavy atom. The van der Waals surface area contributed by atoms with Gasteiger partial charge in [0.25, 0.3) is 0 Å². The Bertz CT molecular complexity index is 640. The molecule has 21 heavy (non-hydrogen) atoms. The second kappa shape index (κ2) is 6.95. The van der Waals surface area contributed by atoms with Crippen LogP contribution in [0, 0.1) is 6.92 Å². The molecule has 2 aromatic rings. The zero-order chi connectivity index (χ0) is 15.4. The van der Waals surface area contributed by atoms with E-state index in [1.165, 1.54) is 11.3 Å². The molecule has 0 fully saturated rings. The molecule has 2 rings (SSSR count). The second-order valence-electron chi connectivity index (χ2n) is 4.66. The van der Waals surface area contributed by atoms with Gasteiger partial charge in [-0.1, -0.05) is 12.1 Å². The fourth-order valence-corrected chi connectivity index (χ4v) is 3.89. The van der Waals surface area contributed by atoms with Gasteiger partial charge in [-0.25, -0.2) is 4.98 Å². The molecule has 1 heterocycles. The number of rotatable bonds is 5. The highest BCUT2D eigenvalue weighted by Crippen LogP contribution is 2.31. The number of aromatic nitrogens is 1. The molecule has 2 N–H and O–H groups in total. The van der Waals surface area contributed by atoms with E-state index < -0.39 is 0 Å². The molecule has 0 saturated carbocycles. The number of carbonyl (C=O) groups excluding carboxylic acids is 1. The number of nitrogens with two attached hydrogens (primary N) is 1. The summed E-state index contributed by atoms with van der Waals surface area (Å²) in [4.78, 5) is 18.8. The van der Waals surface area contributed by atoms with Gasteiger partial charge in [0.1, 0.15) is 0 Å². The summed E-state index contributed by atoms with van der Waals surface area (Å²) in [7, 11) is 0. The maximum Gasteiger partial charge on any atom is 0.225 e. The number of hydrogen-bond donors (Lipinski definition) is 1. The first kappa shape index (κ1) is 15.9. The molecule has 1 amide bonds. The number of para-hydroxylation sites is 1. The van der Waals surface area contributed by atoms with Gasteiger partial charge in [0.2, 0.25) is 5.91 Å². The summed E-state index contributed by atoms with van der Waals surface area (Å²) < 4.78 is 0. The van der Waals surface area contributed by atoms with Gasteiger partial charge in [0.15, 0.2) is 5.13 Å². The Hall–Kier alpha value is -1.53. The normalized spacial score (nSPS) is 10.6. The van der Waals surface area contributed by atoms with E-state index in [2.05, 4.69) is 4.98 Å². The number of aryl methyl sites for hydroxylation is 1. The summed E-state index contributed by atoms with van der Waals surface area (Å²) >= 11 is 3.17. The minimum atomic E-state index is 0.0222. The minimum absolute atomic E-state index is 0.0222. The lowest BCUT2D eigenvalue weighted by molar-refractivity contribution is -0.116. The summed E-state index contributed by atoms with van der Waals surface area (Å²) in [5.74, 6) is 0.772. The maximum atomic E-state index is 11.5. The lowest BCUT2D eigenvalue weighted by atomic mass is 10.2. The van der Waals surface area contributed by atoms with Crippen molar-refractivity contribution in [1.82, 2.24) is 4.98 Å². The molecule has 4 nitrogen and oxygen atoms in total. The maximum absolute atomic E-state index is 11.5. The predicted octanol–water partition coefficient (Wildman–Crippen LogP) is 3.70. The number of carbonyl (C=O) groups is 1. The minimum Gasteiger partial charge on any atom is -0.398 e. The summed E-state index contributed by atoms with van der Waals surface area (Å²) in [5, 5.41) is 2.76. The number of thioether (sulfide) groups is 1. The standard InChI is InChI=1S/C15H19N3OS2/c1-4-18(11(3)19)15-17-12(9-21-15)8-20-13-7-5-6-10(2)14(13)16/h5-7,9H,4,8,16H2,1-3H3. The van der Waals surface area contributed by atoms with Crippen molar-refractivity contribution in [2.24, 2.45) is 0 Å². The number of nitrogen functional groups attached to an aromatic ring is 1. The van der Waals surface area contributed by atoms with Crippen molar-refractivity contribution in [3.63, 3.8) is 0 Å². The highest BCUT2D eigenvalue weighted by molar-refractivity contribution is 7.98. The number of benzene rings is 1. The van der Waals surface area contributed by atoms with Crippen molar-refractivity contribution < 1.29 is 4.79 Å². The summed E-state index contributed by atoms with van der Waals surface area (Å²) in [6.07, 6.45) is 0. The van der Waals surface area contributed by atoms with Gasteiger partial charge in [-0.15, -0.1) is 23.1 Å². The van der Waals surface area contributed by atoms with Gasteiger partial charge in [0.05, 0.1) is 5.69 Å². The number of thiazole rings is 1. The zero-order valence-corrected chi connectivity index (χ0v) is 14.1. The molecule has 1 aromatic heterocycles. The number of anilines is 2. The molecule has 0 atom stereocenters. The summed E-state index contributed by atoms with van der Waals surface area (Å²) in [5.41, 5.74) is 8.96. The molecule has 0 spiro atoms. The molecule has 0 radical (unpaired) electrons. The Balaban J connectivity index is 2.06. The van der Waals surface area contributed by atoms with Gasteiger partial charge in [-0.05, 0) is 25.5 Å². The molecule has 0 unspecified atom stereocenters. The zero-order valence-electron chi connectivity index (χ0n) is 12.4. The Morgan fingerprint density at radius 2 is 2.24 bits per heavy atom. The largest absolute Gasteiger partial charge is 0.398 e. The van der Waals surface area contributed by atoms with Crippen LogP contribution in [0.15, 0.2) is 28.5 Å². The molecule has 6 heteroatoms. The van der Waals surface area contributed by atoms with Crippen LogP contribution >= 0.6 is 23.1 Å². The van der Waals surface area contributed by atoms with E-state index in [-0.39, 0.29) is 5.91 Å². The van der Waals surface area contributed by atoms with Crippen LogP contribution < -0.4 is 10.6 Å². The molecule has 112 valence electrons. The third-order valence-electron chi connectivity index (χ3n) is 3.13. The highest BCUT2D eigenvalue weighted by atomic mass is 32.2. The Morgan fingerprint density at radius 1 is 1.48 bits per heavy atom. The van der Waals surface area contributed by atoms with Crippen molar-refractivity contribution in [3.8, 4) is 0 Å². The first-order valence-electron chi connectivity index (χ1n) is 6.73. The summed E-state index contributed by atoms with van der Waals surface area (Å²) in [6, 6.07) is 6.04. The molecule has 0 aliphatic rings. The van der Waals surface area contributed by atoms with Crippen LogP contribution in [0.4, 0.5) is 10.8 Å². The average molecular weight is 321 g/mol. The van der Waals surface area contributed by atoms with Crippen molar-refractivity contribution in [1.29, 1.82) is 0 Å². The average Bonchev–Trinajstić information content (AvgIpc) is 2.89. The van der Waals surface area contributed by atoms with Crippen LogP contribution in [0.25, 0.3) is 0 Å². The van der Waals surface area contributed by atoms with Gasteiger partial charge >= 0.3 is 0 Å². The highest BCUT2D eigenvalue weighted by Gasteiger charge is 2.13. The van der Waals surface area contributed by atoms with Crippen LogP contribution in [0.1, 0.15) is 25.1 Å². The Labute approximate surface area is 133 Å². The van der Waals surface area contributed by atoms with E-state index in [0.717, 1.165) is 32.7 Å². The lowest BCUT2D eigenvalue weighted by Crippen LogP contribution is -2.27. The third-order valence-corrected chi connectivity index (χ3v) is 5.15. The van der Waals surface area contributed by atoms with E-state index in [4.69, 9.17) is 5.73 Å². The van der Waals surface area contributed by atoms with Gasteiger partial charge in [-0.2, -0.15) is 0 Å². The molecule has 0 aliphatic carbocycles. The van der Waals surface area contributed by atoms with Crippen molar-refractivity contribution in [2.45, 2.75) is 31.4 Å². The number of nitrogens with zero attached hydrogens (tertiary/aromatic N) is 2. The van der Waals surface area contributed by atoms with Crippen LogP contribution in [0.5, 0.6) is 0 Å². The molecule has 1 aromatic carbocycles. The number of amides is 1. The smallest absolute Gasteiger partial charge is 0.225 e.